The van der Waals surface area contributed by atoms with E-state index in [-0.39, 0.29) is 17.8 Å². The third-order valence-corrected chi connectivity index (χ3v) is 4.67. The number of ether oxygens (including phenoxy) is 2. The molecule has 24 heavy (non-hydrogen) atoms. The van der Waals surface area contributed by atoms with E-state index in [2.05, 4.69) is 17.4 Å². The molecule has 1 aromatic rings. The molecule has 2 saturated heterocycles. The highest BCUT2D eigenvalue weighted by Gasteiger charge is 2.42. The molecule has 5 heteroatoms. The van der Waals surface area contributed by atoms with Crippen LogP contribution in [0.1, 0.15) is 45.3 Å². The van der Waals surface area contributed by atoms with Gasteiger partial charge in [-0.2, -0.15) is 0 Å². The SMILES string of the molecule is CC(C)(C)OC(=O)N1CCC2(CC1)CNC[C@@H](c1ccccc1)O2. The molecular weight excluding hydrogens is 304 g/mol. The Kier molecular flexibility index (Phi) is 4.83. The van der Waals surface area contributed by atoms with Crippen LogP contribution >= 0.6 is 0 Å². The molecule has 1 amide bonds. The molecule has 0 saturated carbocycles. The minimum absolute atomic E-state index is 0.0769. The number of piperidine rings is 1. The van der Waals surface area contributed by atoms with E-state index in [1.54, 1.807) is 4.90 Å². The summed E-state index contributed by atoms with van der Waals surface area (Å²) >= 11 is 0. The average molecular weight is 332 g/mol. The number of hydrogen-bond acceptors (Lipinski definition) is 4. The molecule has 2 aliphatic rings. The van der Waals surface area contributed by atoms with E-state index in [1.807, 2.05) is 39.0 Å². The van der Waals surface area contributed by atoms with Crippen LogP contribution < -0.4 is 5.32 Å². The number of amides is 1. The van der Waals surface area contributed by atoms with Crippen LogP contribution in [0.3, 0.4) is 0 Å². The number of nitrogens with zero attached hydrogens (tertiary/aromatic N) is 1. The summed E-state index contributed by atoms with van der Waals surface area (Å²) in [5.41, 5.74) is 0.573. The molecule has 0 bridgehead atoms. The Morgan fingerprint density at radius 1 is 1.25 bits per heavy atom. The van der Waals surface area contributed by atoms with Crippen LogP contribution in [-0.4, -0.2) is 48.4 Å². The zero-order valence-electron chi connectivity index (χ0n) is 14.9. The number of likely N-dealkylation sites (tertiary alicyclic amines) is 1. The van der Waals surface area contributed by atoms with Gasteiger partial charge in [-0.25, -0.2) is 4.79 Å². The average Bonchev–Trinajstić information content (AvgIpc) is 2.55. The van der Waals surface area contributed by atoms with Crippen LogP contribution in [-0.2, 0) is 9.47 Å². The number of morpholine rings is 1. The second-order valence-corrected chi connectivity index (χ2v) is 7.80. The molecule has 1 atom stereocenters. The van der Waals surface area contributed by atoms with Gasteiger partial charge < -0.3 is 19.7 Å². The van der Waals surface area contributed by atoms with E-state index in [1.165, 1.54) is 5.56 Å². The Balaban J connectivity index is 1.59. The van der Waals surface area contributed by atoms with Crippen LogP contribution in [0.2, 0.25) is 0 Å². The predicted molar refractivity (Wildman–Crippen MR) is 92.9 cm³/mol. The van der Waals surface area contributed by atoms with Gasteiger partial charge in [0.05, 0.1) is 11.7 Å². The zero-order valence-corrected chi connectivity index (χ0v) is 14.9. The maximum Gasteiger partial charge on any atom is 0.410 e. The summed E-state index contributed by atoms with van der Waals surface area (Å²) < 4.78 is 12.0. The third kappa shape index (κ3) is 4.08. The Bertz CT molecular complexity index is 560. The van der Waals surface area contributed by atoms with E-state index in [0.717, 1.165) is 25.9 Å². The van der Waals surface area contributed by atoms with E-state index >= 15 is 0 Å². The number of hydrogen-bond donors (Lipinski definition) is 1. The topological polar surface area (TPSA) is 50.8 Å². The molecule has 0 aromatic heterocycles. The van der Waals surface area contributed by atoms with Gasteiger partial charge in [-0.1, -0.05) is 30.3 Å². The summed E-state index contributed by atoms with van der Waals surface area (Å²) in [5.74, 6) is 0. The normalized spacial score (nSPS) is 24.0. The summed E-state index contributed by atoms with van der Waals surface area (Å²) in [6, 6.07) is 10.3. The van der Waals surface area contributed by atoms with Crippen molar-refractivity contribution >= 4 is 6.09 Å². The molecule has 1 spiro atoms. The second-order valence-electron chi connectivity index (χ2n) is 7.80. The minimum atomic E-state index is -0.451. The summed E-state index contributed by atoms with van der Waals surface area (Å²) in [5, 5.41) is 3.52. The predicted octanol–water partition coefficient (Wildman–Crippen LogP) is 3.12. The smallest absolute Gasteiger partial charge is 0.410 e. The van der Waals surface area contributed by atoms with E-state index in [9.17, 15) is 4.79 Å². The van der Waals surface area contributed by atoms with Gasteiger partial charge in [0.2, 0.25) is 0 Å². The number of carbonyl (C=O) groups excluding carboxylic acids is 1. The van der Waals surface area contributed by atoms with Gasteiger partial charge in [0.15, 0.2) is 0 Å². The monoisotopic (exact) mass is 332 g/mol. The van der Waals surface area contributed by atoms with Crippen molar-refractivity contribution in [3.05, 3.63) is 35.9 Å². The first-order valence-corrected chi connectivity index (χ1v) is 8.78. The number of rotatable bonds is 1. The Labute approximate surface area is 144 Å². The highest BCUT2D eigenvalue weighted by atomic mass is 16.6. The van der Waals surface area contributed by atoms with Crippen molar-refractivity contribution in [2.45, 2.75) is 50.9 Å². The molecule has 0 aliphatic carbocycles. The largest absolute Gasteiger partial charge is 0.444 e. The third-order valence-electron chi connectivity index (χ3n) is 4.67. The fourth-order valence-electron chi connectivity index (χ4n) is 3.39. The van der Waals surface area contributed by atoms with Gasteiger partial charge in [0.25, 0.3) is 0 Å². The molecule has 0 unspecified atom stereocenters. The molecule has 2 heterocycles. The first-order valence-electron chi connectivity index (χ1n) is 8.78. The van der Waals surface area contributed by atoms with Crippen molar-refractivity contribution in [1.29, 1.82) is 0 Å². The van der Waals surface area contributed by atoms with Crippen molar-refractivity contribution in [3.63, 3.8) is 0 Å². The fraction of sp³-hybridized carbons (Fsp3) is 0.632. The van der Waals surface area contributed by atoms with E-state index < -0.39 is 5.60 Å². The number of carbonyl (C=O) groups is 1. The van der Waals surface area contributed by atoms with Crippen molar-refractivity contribution in [2.75, 3.05) is 26.2 Å². The quantitative estimate of drug-likeness (QED) is 0.858. The van der Waals surface area contributed by atoms with Crippen LogP contribution in [0, 0.1) is 0 Å². The summed E-state index contributed by atoms with van der Waals surface area (Å²) in [7, 11) is 0. The van der Waals surface area contributed by atoms with Crippen molar-refractivity contribution < 1.29 is 14.3 Å². The van der Waals surface area contributed by atoms with Gasteiger partial charge in [0.1, 0.15) is 5.60 Å². The van der Waals surface area contributed by atoms with Crippen molar-refractivity contribution in [3.8, 4) is 0 Å². The van der Waals surface area contributed by atoms with Crippen LogP contribution in [0.5, 0.6) is 0 Å². The maximum absolute atomic E-state index is 12.2. The highest BCUT2D eigenvalue weighted by Crippen LogP contribution is 2.35. The molecule has 1 aromatic carbocycles. The van der Waals surface area contributed by atoms with Crippen LogP contribution in [0.15, 0.2) is 30.3 Å². The molecule has 132 valence electrons. The molecule has 5 nitrogen and oxygen atoms in total. The maximum atomic E-state index is 12.2. The summed E-state index contributed by atoms with van der Waals surface area (Å²) in [4.78, 5) is 14.0. The lowest BCUT2D eigenvalue weighted by atomic mass is 9.89. The fourth-order valence-corrected chi connectivity index (χ4v) is 3.39. The van der Waals surface area contributed by atoms with Gasteiger partial charge in [-0.15, -0.1) is 0 Å². The molecular formula is C19H28N2O3. The Morgan fingerprint density at radius 2 is 1.92 bits per heavy atom. The lowest BCUT2D eigenvalue weighted by Gasteiger charge is -2.46. The first kappa shape index (κ1) is 17.2. The lowest BCUT2D eigenvalue weighted by molar-refractivity contribution is -0.142. The van der Waals surface area contributed by atoms with Gasteiger partial charge >= 0.3 is 6.09 Å². The van der Waals surface area contributed by atoms with Gasteiger partial charge in [-0.3, -0.25) is 0 Å². The molecule has 2 fully saturated rings. The standard InChI is InChI=1S/C19H28N2O3/c1-18(2,3)24-17(22)21-11-9-19(10-12-21)14-20-13-16(23-19)15-7-5-4-6-8-15/h4-8,16,20H,9-14H2,1-3H3/t16-/m0/s1. The molecule has 3 rings (SSSR count). The minimum Gasteiger partial charge on any atom is -0.444 e. The molecule has 1 N–H and O–H groups in total. The van der Waals surface area contributed by atoms with Crippen LogP contribution in [0.4, 0.5) is 4.79 Å². The summed E-state index contributed by atoms with van der Waals surface area (Å²) in [6.07, 6.45) is 1.53. The van der Waals surface area contributed by atoms with Crippen LogP contribution in [0.25, 0.3) is 0 Å². The van der Waals surface area contributed by atoms with Crippen molar-refractivity contribution in [1.82, 2.24) is 10.2 Å². The Hall–Kier alpha value is -1.59. The molecule has 2 aliphatic heterocycles. The molecule has 0 radical (unpaired) electrons. The number of nitrogens with one attached hydrogen (secondary N) is 1. The second kappa shape index (κ2) is 6.73. The lowest BCUT2D eigenvalue weighted by Crippen LogP contribution is -2.57. The van der Waals surface area contributed by atoms with Gasteiger partial charge in [-0.05, 0) is 39.2 Å². The summed E-state index contributed by atoms with van der Waals surface area (Å²) in [6.45, 7) is 8.73. The highest BCUT2D eigenvalue weighted by molar-refractivity contribution is 5.68. The number of benzene rings is 1. The van der Waals surface area contributed by atoms with Crippen molar-refractivity contribution in [2.24, 2.45) is 0 Å². The Morgan fingerprint density at radius 3 is 2.54 bits per heavy atom. The zero-order chi connectivity index (χ0) is 17.2. The first-order chi connectivity index (χ1) is 11.4. The van der Waals surface area contributed by atoms with E-state index in [0.29, 0.717) is 13.1 Å². The van der Waals surface area contributed by atoms with E-state index in [4.69, 9.17) is 9.47 Å². The van der Waals surface area contributed by atoms with Gasteiger partial charge in [0, 0.05) is 26.2 Å².